The van der Waals surface area contributed by atoms with Gasteiger partial charge in [0.2, 0.25) is 0 Å². The highest BCUT2D eigenvalue weighted by atomic mass is 32.2. The third kappa shape index (κ3) is 2.63. The molecule has 1 aromatic heterocycles. The van der Waals surface area contributed by atoms with Crippen molar-refractivity contribution in [2.45, 2.75) is 20.8 Å². The van der Waals surface area contributed by atoms with Gasteiger partial charge in [-0.1, -0.05) is 12.1 Å². The number of aryl methyl sites for hydroxylation is 3. The Morgan fingerprint density at radius 1 is 1.26 bits per heavy atom. The van der Waals surface area contributed by atoms with Gasteiger partial charge in [0.05, 0.1) is 0 Å². The predicted octanol–water partition coefficient (Wildman–Crippen LogP) is 3.45. The molecule has 0 aliphatic heterocycles. The molecule has 0 atom stereocenters. The molecule has 0 bridgehead atoms. The van der Waals surface area contributed by atoms with Gasteiger partial charge in [-0.2, -0.15) is 11.8 Å². The standard InChI is InChI=1S/C15H19NO2S/c1-9-5-6-12-11(3)14(18-13(12)10(9)2)15(17)16-7-8-19-4/h5-6H,7-8H2,1-4H3,(H,16,17). The largest absolute Gasteiger partial charge is 0.450 e. The lowest BCUT2D eigenvalue weighted by atomic mass is 10.0. The summed E-state index contributed by atoms with van der Waals surface area (Å²) in [5.41, 5.74) is 4.02. The number of benzene rings is 1. The molecule has 0 saturated carbocycles. The first-order valence-electron chi connectivity index (χ1n) is 6.32. The van der Waals surface area contributed by atoms with Crippen LogP contribution in [0.4, 0.5) is 0 Å². The number of nitrogens with one attached hydrogen (secondary N) is 1. The maximum Gasteiger partial charge on any atom is 0.287 e. The van der Waals surface area contributed by atoms with Crippen molar-refractivity contribution in [1.29, 1.82) is 0 Å². The fourth-order valence-corrected chi connectivity index (χ4v) is 2.39. The van der Waals surface area contributed by atoms with E-state index >= 15 is 0 Å². The van der Waals surface area contributed by atoms with Crippen molar-refractivity contribution in [3.05, 3.63) is 34.6 Å². The van der Waals surface area contributed by atoms with Gasteiger partial charge in [0.25, 0.3) is 5.91 Å². The molecule has 1 N–H and O–H groups in total. The number of fused-ring (bicyclic) bond motifs is 1. The monoisotopic (exact) mass is 277 g/mol. The topological polar surface area (TPSA) is 42.2 Å². The van der Waals surface area contributed by atoms with Gasteiger partial charge in [-0.25, -0.2) is 0 Å². The maximum absolute atomic E-state index is 12.1. The Labute approximate surface area is 117 Å². The lowest BCUT2D eigenvalue weighted by molar-refractivity contribution is 0.0930. The van der Waals surface area contributed by atoms with Gasteiger partial charge in [0.1, 0.15) is 5.58 Å². The zero-order valence-corrected chi connectivity index (χ0v) is 12.6. The Kier molecular flexibility index (Phi) is 4.20. The Morgan fingerprint density at radius 3 is 2.68 bits per heavy atom. The maximum atomic E-state index is 12.1. The Morgan fingerprint density at radius 2 is 2.00 bits per heavy atom. The second kappa shape index (κ2) is 5.70. The molecule has 0 radical (unpaired) electrons. The molecule has 0 aliphatic rings. The van der Waals surface area contributed by atoms with Crippen molar-refractivity contribution in [2.75, 3.05) is 18.6 Å². The van der Waals surface area contributed by atoms with Crippen LogP contribution in [0, 0.1) is 20.8 Å². The molecule has 2 rings (SSSR count). The van der Waals surface area contributed by atoms with E-state index in [4.69, 9.17) is 4.42 Å². The van der Waals surface area contributed by atoms with Crippen LogP contribution in [0.3, 0.4) is 0 Å². The number of hydrogen-bond acceptors (Lipinski definition) is 3. The highest BCUT2D eigenvalue weighted by Crippen LogP contribution is 2.29. The quantitative estimate of drug-likeness (QED) is 0.870. The van der Waals surface area contributed by atoms with Crippen molar-refractivity contribution < 1.29 is 9.21 Å². The predicted molar refractivity (Wildman–Crippen MR) is 81.1 cm³/mol. The molecule has 0 spiro atoms. The van der Waals surface area contributed by atoms with Crippen LogP contribution in [0.1, 0.15) is 27.2 Å². The average Bonchev–Trinajstić information content (AvgIpc) is 2.72. The lowest BCUT2D eigenvalue weighted by Crippen LogP contribution is -2.25. The first-order valence-corrected chi connectivity index (χ1v) is 7.72. The molecule has 102 valence electrons. The second-order valence-electron chi connectivity index (χ2n) is 4.69. The summed E-state index contributed by atoms with van der Waals surface area (Å²) in [4.78, 5) is 12.1. The van der Waals surface area contributed by atoms with Crippen LogP contribution in [0.15, 0.2) is 16.5 Å². The number of furan rings is 1. The van der Waals surface area contributed by atoms with E-state index in [2.05, 4.69) is 11.4 Å². The number of thioether (sulfide) groups is 1. The van der Waals surface area contributed by atoms with Gasteiger partial charge >= 0.3 is 0 Å². The Balaban J connectivity index is 2.37. The van der Waals surface area contributed by atoms with E-state index in [0.717, 1.165) is 27.8 Å². The van der Waals surface area contributed by atoms with Crippen LogP contribution in [0.2, 0.25) is 0 Å². The molecule has 0 unspecified atom stereocenters. The van der Waals surface area contributed by atoms with E-state index < -0.39 is 0 Å². The first-order chi connectivity index (χ1) is 9.06. The van der Waals surface area contributed by atoms with Gasteiger partial charge in [0.15, 0.2) is 5.76 Å². The summed E-state index contributed by atoms with van der Waals surface area (Å²) in [6, 6.07) is 4.09. The average molecular weight is 277 g/mol. The van der Waals surface area contributed by atoms with E-state index in [1.807, 2.05) is 33.1 Å². The third-order valence-corrected chi connectivity index (χ3v) is 4.04. The van der Waals surface area contributed by atoms with Crippen molar-refractivity contribution in [3.8, 4) is 0 Å². The zero-order valence-electron chi connectivity index (χ0n) is 11.8. The number of amides is 1. The Hall–Kier alpha value is -1.42. The minimum absolute atomic E-state index is 0.125. The zero-order chi connectivity index (χ0) is 14.0. The highest BCUT2D eigenvalue weighted by Gasteiger charge is 2.18. The molecule has 1 amide bonds. The van der Waals surface area contributed by atoms with Gasteiger partial charge in [0, 0.05) is 23.2 Å². The fraction of sp³-hybridized carbons (Fsp3) is 0.400. The van der Waals surface area contributed by atoms with Crippen LogP contribution in [0.5, 0.6) is 0 Å². The number of rotatable bonds is 4. The Bertz CT molecular complexity index is 616. The van der Waals surface area contributed by atoms with Crippen molar-refractivity contribution in [2.24, 2.45) is 0 Å². The van der Waals surface area contributed by atoms with Crippen LogP contribution in [-0.2, 0) is 0 Å². The molecule has 4 heteroatoms. The molecular weight excluding hydrogens is 258 g/mol. The van der Waals surface area contributed by atoms with Crippen molar-refractivity contribution >= 4 is 28.6 Å². The number of carbonyl (C=O) groups is 1. The summed E-state index contributed by atoms with van der Waals surface area (Å²) < 4.78 is 5.78. The summed E-state index contributed by atoms with van der Waals surface area (Å²) in [6.45, 7) is 6.67. The van der Waals surface area contributed by atoms with E-state index in [9.17, 15) is 4.79 Å². The summed E-state index contributed by atoms with van der Waals surface area (Å²) in [5.74, 6) is 1.22. The molecule has 1 aromatic carbocycles. The van der Waals surface area contributed by atoms with Crippen molar-refractivity contribution in [3.63, 3.8) is 0 Å². The van der Waals surface area contributed by atoms with Crippen LogP contribution < -0.4 is 5.32 Å². The van der Waals surface area contributed by atoms with E-state index in [1.54, 1.807) is 11.8 Å². The van der Waals surface area contributed by atoms with Crippen LogP contribution in [-0.4, -0.2) is 24.5 Å². The molecule has 3 nitrogen and oxygen atoms in total. The first kappa shape index (κ1) is 14.0. The van der Waals surface area contributed by atoms with E-state index in [1.165, 1.54) is 5.56 Å². The SMILES string of the molecule is CSCCNC(=O)c1oc2c(C)c(C)ccc2c1C. The molecular formula is C15H19NO2S. The van der Waals surface area contributed by atoms with Crippen LogP contribution >= 0.6 is 11.8 Å². The highest BCUT2D eigenvalue weighted by molar-refractivity contribution is 7.98. The molecule has 0 aliphatic carbocycles. The molecule has 19 heavy (non-hydrogen) atoms. The van der Waals surface area contributed by atoms with Gasteiger partial charge < -0.3 is 9.73 Å². The van der Waals surface area contributed by atoms with E-state index in [0.29, 0.717) is 12.3 Å². The van der Waals surface area contributed by atoms with Crippen LogP contribution in [0.25, 0.3) is 11.0 Å². The summed E-state index contributed by atoms with van der Waals surface area (Å²) >= 11 is 1.71. The lowest BCUT2D eigenvalue weighted by Gasteiger charge is -2.01. The molecule has 0 fully saturated rings. The van der Waals surface area contributed by atoms with Gasteiger partial charge in [-0.05, 0) is 38.2 Å². The normalized spacial score (nSPS) is 10.9. The van der Waals surface area contributed by atoms with E-state index in [-0.39, 0.29) is 5.91 Å². The fourth-order valence-electron chi connectivity index (χ4n) is 2.08. The van der Waals surface area contributed by atoms with Crippen molar-refractivity contribution in [1.82, 2.24) is 5.32 Å². The summed E-state index contributed by atoms with van der Waals surface area (Å²) in [7, 11) is 0. The smallest absolute Gasteiger partial charge is 0.287 e. The molecule has 2 aromatic rings. The van der Waals surface area contributed by atoms with Gasteiger partial charge in [-0.15, -0.1) is 0 Å². The number of carbonyl (C=O) groups excluding carboxylic acids is 1. The minimum Gasteiger partial charge on any atom is -0.450 e. The molecule has 1 heterocycles. The summed E-state index contributed by atoms with van der Waals surface area (Å²) in [6.07, 6.45) is 2.02. The molecule has 0 saturated heterocycles. The second-order valence-corrected chi connectivity index (χ2v) is 5.67. The summed E-state index contributed by atoms with van der Waals surface area (Å²) in [5, 5.41) is 3.91. The third-order valence-electron chi connectivity index (χ3n) is 3.42. The minimum atomic E-state index is -0.125. The number of hydrogen-bond donors (Lipinski definition) is 1. The van der Waals surface area contributed by atoms with Gasteiger partial charge in [-0.3, -0.25) is 4.79 Å².